The van der Waals surface area contributed by atoms with E-state index < -0.39 is 18.0 Å². The standard InChI is InChI=1S/C25H38N4O4/c1-4-5-6-7-8-9-10-11-12-19-13-15-20(16-14-19)23-27-21(33-29-23)17-26-24(30)22(18(2)3)28-25(31)32/h13-16,18,22,28H,4-12,17H2,1-3H3,(H,26,30)(H,31,32). The minimum atomic E-state index is -1.24. The second kappa shape index (κ2) is 14.3. The molecule has 33 heavy (non-hydrogen) atoms. The van der Waals surface area contributed by atoms with Gasteiger partial charge in [-0.25, -0.2) is 4.79 Å². The molecule has 0 aliphatic heterocycles. The number of aryl methyl sites for hydroxylation is 1. The lowest BCUT2D eigenvalue weighted by Gasteiger charge is -2.19. The summed E-state index contributed by atoms with van der Waals surface area (Å²) in [7, 11) is 0. The van der Waals surface area contributed by atoms with Crippen LogP contribution in [0.1, 0.15) is 83.6 Å². The van der Waals surface area contributed by atoms with Crippen molar-refractivity contribution in [1.82, 2.24) is 20.8 Å². The molecule has 2 amide bonds. The number of carboxylic acid groups (broad SMARTS) is 1. The predicted octanol–water partition coefficient (Wildman–Crippen LogP) is 5.33. The third-order valence-corrected chi connectivity index (χ3v) is 5.64. The molecule has 0 saturated carbocycles. The first-order chi connectivity index (χ1) is 15.9. The molecular formula is C25H38N4O4. The summed E-state index contributed by atoms with van der Waals surface area (Å²) >= 11 is 0. The van der Waals surface area contributed by atoms with Gasteiger partial charge >= 0.3 is 6.09 Å². The van der Waals surface area contributed by atoms with Gasteiger partial charge in [0.1, 0.15) is 6.04 Å². The number of nitrogens with one attached hydrogen (secondary N) is 2. The predicted molar refractivity (Wildman–Crippen MR) is 128 cm³/mol. The molecule has 1 heterocycles. The summed E-state index contributed by atoms with van der Waals surface area (Å²) in [5.41, 5.74) is 2.15. The molecular weight excluding hydrogens is 420 g/mol. The van der Waals surface area contributed by atoms with Crippen LogP contribution in [0.5, 0.6) is 0 Å². The minimum Gasteiger partial charge on any atom is -0.465 e. The van der Waals surface area contributed by atoms with Gasteiger partial charge in [0.15, 0.2) is 0 Å². The largest absolute Gasteiger partial charge is 0.465 e. The van der Waals surface area contributed by atoms with Gasteiger partial charge in [0.25, 0.3) is 0 Å². The molecule has 1 atom stereocenters. The maximum absolute atomic E-state index is 12.3. The fourth-order valence-electron chi connectivity index (χ4n) is 3.67. The highest BCUT2D eigenvalue weighted by Gasteiger charge is 2.24. The second-order valence-corrected chi connectivity index (χ2v) is 8.82. The number of unbranched alkanes of at least 4 members (excludes halogenated alkanes) is 7. The van der Waals surface area contributed by atoms with Crippen LogP contribution in [0.15, 0.2) is 28.8 Å². The Bertz CT molecular complexity index is 848. The van der Waals surface area contributed by atoms with E-state index in [1.54, 1.807) is 13.8 Å². The first-order valence-electron chi connectivity index (χ1n) is 12.1. The Hall–Kier alpha value is -2.90. The number of nitrogens with zero attached hydrogens (tertiary/aromatic N) is 2. The number of carbonyl (C=O) groups is 2. The minimum absolute atomic E-state index is 0.0346. The molecule has 1 aromatic carbocycles. The van der Waals surface area contributed by atoms with Gasteiger partial charge in [-0.15, -0.1) is 0 Å². The SMILES string of the molecule is CCCCCCCCCCc1ccc(-c2noc(CNC(=O)C(NC(=O)O)C(C)C)n2)cc1. The Morgan fingerprint density at radius 2 is 1.64 bits per heavy atom. The van der Waals surface area contributed by atoms with Crippen molar-refractivity contribution in [1.29, 1.82) is 0 Å². The Morgan fingerprint density at radius 3 is 2.24 bits per heavy atom. The Labute approximate surface area is 196 Å². The highest BCUT2D eigenvalue weighted by atomic mass is 16.5. The number of rotatable bonds is 15. The first-order valence-corrected chi connectivity index (χ1v) is 12.1. The summed E-state index contributed by atoms with van der Waals surface area (Å²) in [5, 5.41) is 17.8. The molecule has 0 aliphatic carbocycles. The monoisotopic (exact) mass is 458 g/mol. The van der Waals surface area contributed by atoms with Crippen LogP contribution in [0.2, 0.25) is 0 Å². The number of aromatic nitrogens is 2. The van der Waals surface area contributed by atoms with Crippen LogP contribution in [0.4, 0.5) is 4.79 Å². The van der Waals surface area contributed by atoms with Crippen molar-refractivity contribution in [2.75, 3.05) is 0 Å². The maximum Gasteiger partial charge on any atom is 0.405 e. The molecule has 0 spiro atoms. The van der Waals surface area contributed by atoms with Gasteiger partial charge in [-0.05, 0) is 24.3 Å². The number of hydrogen-bond donors (Lipinski definition) is 3. The van der Waals surface area contributed by atoms with Gasteiger partial charge in [0.2, 0.25) is 17.6 Å². The summed E-state index contributed by atoms with van der Waals surface area (Å²) in [4.78, 5) is 27.5. The molecule has 1 unspecified atom stereocenters. The van der Waals surface area contributed by atoms with Crippen molar-refractivity contribution < 1.29 is 19.2 Å². The van der Waals surface area contributed by atoms with Crippen LogP contribution in [0, 0.1) is 5.92 Å². The third kappa shape index (κ3) is 9.63. The number of carbonyl (C=O) groups excluding carboxylic acids is 1. The fourth-order valence-corrected chi connectivity index (χ4v) is 3.67. The summed E-state index contributed by atoms with van der Waals surface area (Å²) in [5.74, 6) is 0.0993. The number of benzene rings is 1. The maximum atomic E-state index is 12.3. The van der Waals surface area contributed by atoms with E-state index >= 15 is 0 Å². The number of amides is 2. The second-order valence-electron chi connectivity index (χ2n) is 8.82. The van der Waals surface area contributed by atoms with Crippen LogP contribution < -0.4 is 10.6 Å². The molecule has 2 aromatic rings. The normalized spacial score (nSPS) is 12.0. The van der Waals surface area contributed by atoms with Crippen molar-refractivity contribution in [2.45, 2.75) is 91.1 Å². The quantitative estimate of drug-likeness (QED) is 0.311. The van der Waals surface area contributed by atoms with E-state index in [9.17, 15) is 9.59 Å². The zero-order chi connectivity index (χ0) is 24.1. The highest BCUT2D eigenvalue weighted by molar-refractivity contribution is 5.85. The molecule has 0 saturated heterocycles. The molecule has 182 valence electrons. The summed E-state index contributed by atoms with van der Waals surface area (Å²) in [6.45, 7) is 5.81. The van der Waals surface area contributed by atoms with Crippen molar-refractivity contribution in [3.63, 3.8) is 0 Å². The van der Waals surface area contributed by atoms with Crippen molar-refractivity contribution in [3.05, 3.63) is 35.7 Å². The van der Waals surface area contributed by atoms with Crippen LogP contribution in [-0.4, -0.2) is 33.3 Å². The molecule has 0 aliphatic rings. The average molecular weight is 459 g/mol. The van der Waals surface area contributed by atoms with E-state index in [2.05, 4.69) is 39.8 Å². The zero-order valence-electron chi connectivity index (χ0n) is 20.1. The Balaban J connectivity index is 1.77. The van der Waals surface area contributed by atoms with E-state index in [0.29, 0.717) is 5.82 Å². The molecule has 0 fully saturated rings. The molecule has 0 bridgehead atoms. The zero-order valence-corrected chi connectivity index (χ0v) is 20.1. The van der Waals surface area contributed by atoms with E-state index in [-0.39, 0.29) is 18.4 Å². The Kier molecular flexibility index (Phi) is 11.4. The topological polar surface area (TPSA) is 117 Å². The summed E-state index contributed by atoms with van der Waals surface area (Å²) < 4.78 is 5.24. The molecule has 2 rings (SSSR count). The lowest BCUT2D eigenvalue weighted by atomic mass is 10.0. The molecule has 1 aromatic heterocycles. The van der Waals surface area contributed by atoms with Gasteiger partial charge < -0.3 is 20.3 Å². The summed E-state index contributed by atoms with van der Waals surface area (Å²) in [6.07, 6.45) is 10.3. The molecule has 8 nitrogen and oxygen atoms in total. The van der Waals surface area contributed by atoms with Crippen molar-refractivity contribution in [2.24, 2.45) is 5.92 Å². The van der Waals surface area contributed by atoms with Crippen LogP contribution in [-0.2, 0) is 17.8 Å². The van der Waals surface area contributed by atoms with Crippen LogP contribution in [0.25, 0.3) is 11.4 Å². The van der Waals surface area contributed by atoms with Crippen LogP contribution in [0.3, 0.4) is 0 Å². The van der Waals surface area contributed by atoms with Gasteiger partial charge in [-0.2, -0.15) is 4.98 Å². The van der Waals surface area contributed by atoms with Crippen molar-refractivity contribution >= 4 is 12.0 Å². The van der Waals surface area contributed by atoms with E-state index in [4.69, 9.17) is 9.63 Å². The third-order valence-electron chi connectivity index (χ3n) is 5.64. The molecule has 8 heteroatoms. The fraction of sp³-hybridized carbons (Fsp3) is 0.600. The van der Waals surface area contributed by atoms with Gasteiger partial charge in [-0.1, -0.05) is 95.1 Å². The molecule has 3 N–H and O–H groups in total. The van der Waals surface area contributed by atoms with Gasteiger partial charge in [0, 0.05) is 5.56 Å². The number of hydrogen-bond acceptors (Lipinski definition) is 5. The van der Waals surface area contributed by atoms with Crippen LogP contribution >= 0.6 is 0 Å². The lowest BCUT2D eigenvalue weighted by molar-refractivity contribution is -0.124. The van der Waals surface area contributed by atoms with Crippen molar-refractivity contribution in [3.8, 4) is 11.4 Å². The van der Waals surface area contributed by atoms with Gasteiger partial charge in [-0.3, -0.25) is 4.79 Å². The summed E-state index contributed by atoms with van der Waals surface area (Å²) in [6, 6.07) is 7.31. The van der Waals surface area contributed by atoms with Gasteiger partial charge in [0.05, 0.1) is 6.54 Å². The highest BCUT2D eigenvalue weighted by Crippen LogP contribution is 2.18. The molecule has 0 radical (unpaired) electrons. The van der Waals surface area contributed by atoms with E-state index in [1.165, 1.54) is 56.9 Å². The van der Waals surface area contributed by atoms with E-state index in [1.807, 2.05) is 12.1 Å². The Morgan fingerprint density at radius 1 is 1.00 bits per heavy atom. The average Bonchev–Trinajstić information content (AvgIpc) is 3.27. The van der Waals surface area contributed by atoms with E-state index in [0.717, 1.165) is 12.0 Å². The lowest BCUT2D eigenvalue weighted by Crippen LogP contribution is -2.49. The first kappa shape index (κ1) is 26.4. The smallest absolute Gasteiger partial charge is 0.405 e.